The van der Waals surface area contributed by atoms with E-state index < -0.39 is 0 Å². The molecule has 3 rings (SSSR count). The Hall–Kier alpha value is -2.51. The van der Waals surface area contributed by atoms with Crippen molar-refractivity contribution in [2.24, 2.45) is 5.10 Å². The van der Waals surface area contributed by atoms with Crippen molar-refractivity contribution in [3.05, 3.63) is 57.0 Å². The van der Waals surface area contributed by atoms with Crippen molar-refractivity contribution in [3.8, 4) is 0 Å². The number of rotatable bonds is 7. The average Bonchev–Trinajstić information content (AvgIpc) is 3.11. The fraction of sp³-hybridized carbons (Fsp3) is 0.350. The van der Waals surface area contributed by atoms with Crippen molar-refractivity contribution in [3.63, 3.8) is 0 Å². The molecule has 0 atom stereocenters. The standard InChI is InChI=1S/C20H24N4O2S/c1-4-17-11-18-19(27-17)21-13-24(20(18)26)22-12-15-6-7-16(10-14(15)3)23(5-2)8-9-25/h6-7,10-13,25H,4-5,8-9H2,1-3H3/b22-12-. The summed E-state index contributed by atoms with van der Waals surface area (Å²) in [7, 11) is 0. The summed E-state index contributed by atoms with van der Waals surface area (Å²) in [5, 5.41) is 14.1. The van der Waals surface area contributed by atoms with Crippen LogP contribution in [-0.4, -0.2) is 40.7 Å². The van der Waals surface area contributed by atoms with Gasteiger partial charge in [-0.2, -0.15) is 9.78 Å². The van der Waals surface area contributed by atoms with Crippen LogP contribution >= 0.6 is 11.3 Å². The lowest BCUT2D eigenvalue weighted by atomic mass is 10.1. The maximum atomic E-state index is 12.6. The van der Waals surface area contributed by atoms with Gasteiger partial charge in [-0.05, 0) is 49.6 Å². The summed E-state index contributed by atoms with van der Waals surface area (Å²) < 4.78 is 1.28. The molecule has 1 aromatic carbocycles. The number of likely N-dealkylation sites (N-methyl/N-ethyl adjacent to an activating group) is 1. The monoisotopic (exact) mass is 384 g/mol. The van der Waals surface area contributed by atoms with Gasteiger partial charge in [0.1, 0.15) is 11.2 Å². The van der Waals surface area contributed by atoms with Gasteiger partial charge in [0.15, 0.2) is 0 Å². The molecule has 0 radical (unpaired) electrons. The first kappa shape index (κ1) is 19.3. The van der Waals surface area contributed by atoms with Crippen LogP contribution in [0.4, 0.5) is 5.69 Å². The van der Waals surface area contributed by atoms with Gasteiger partial charge in [-0.3, -0.25) is 4.79 Å². The first-order valence-electron chi connectivity index (χ1n) is 9.08. The summed E-state index contributed by atoms with van der Waals surface area (Å²) in [5.74, 6) is 0. The Morgan fingerprint density at radius 1 is 1.33 bits per heavy atom. The molecule has 0 bridgehead atoms. The number of fused-ring (bicyclic) bond motifs is 1. The third-order valence-electron chi connectivity index (χ3n) is 4.53. The predicted molar refractivity (Wildman–Crippen MR) is 112 cm³/mol. The molecule has 3 aromatic rings. The maximum absolute atomic E-state index is 12.6. The zero-order valence-electron chi connectivity index (χ0n) is 15.8. The molecule has 2 heterocycles. The molecule has 0 unspecified atom stereocenters. The molecule has 0 spiro atoms. The molecule has 0 amide bonds. The van der Waals surface area contributed by atoms with Gasteiger partial charge in [-0.1, -0.05) is 13.0 Å². The van der Waals surface area contributed by atoms with Gasteiger partial charge in [0.05, 0.1) is 18.2 Å². The van der Waals surface area contributed by atoms with E-state index >= 15 is 0 Å². The topological polar surface area (TPSA) is 70.7 Å². The lowest BCUT2D eigenvalue weighted by Gasteiger charge is -2.22. The molecule has 0 saturated carbocycles. The van der Waals surface area contributed by atoms with Crippen LogP contribution in [0.2, 0.25) is 0 Å². The summed E-state index contributed by atoms with van der Waals surface area (Å²) in [6, 6.07) is 7.95. The summed E-state index contributed by atoms with van der Waals surface area (Å²) >= 11 is 1.55. The van der Waals surface area contributed by atoms with Gasteiger partial charge in [0.25, 0.3) is 5.56 Å². The number of anilines is 1. The van der Waals surface area contributed by atoms with Gasteiger partial charge in [0.2, 0.25) is 0 Å². The molecule has 0 aliphatic rings. The van der Waals surface area contributed by atoms with E-state index in [2.05, 4.69) is 34.9 Å². The number of aromatic nitrogens is 2. The van der Waals surface area contributed by atoms with E-state index in [0.717, 1.165) is 39.5 Å². The largest absolute Gasteiger partial charge is 0.395 e. The number of thiophene rings is 1. The Morgan fingerprint density at radius 2 is 2.15 bits per heavy atom. The molecule has 27 heavy (non-hydrogen) atoms. The minimum atomic E-state index is -0.151. The molecule has 1 N–H and O–H groups in total. The Bertz CT molecular complexity index is 1020. The second kappa shape index (κ2) is 8.45. The summed E-state index contributed by atoms with van der Waals surface area (Å²) in [5.41, 5.74) is 2.90. The van der Waals surface area contributed by atoms with Crippen LogP contribution in [0.25, 0.3) is 10.2 Å². The van der Waals surface area contributed by atoms with Crippen molar-refractivity contribution >= 4 is 33.5 Å². The van der Waals surface area contributed by atoms with E-state index in [1.807, 2.05) is 25.1 Å². The van der Waals surface area contributed by atoms with E-state index in [-0.39, 0.29) is 12.2 Å². The van der Waals surface area contributed by atoms with Gasteiger partial charge < -0.3 is 10.0 Å². The van der Waals surface area contributed by atoms with Crippen LogP contribution in [0.1, 0.15) is 29.9 Å². The van der Waals surface area contributed by atoms with Crippen LogP contribution in [0, 0.1) is 6.92 Å². The zero-order valence-corrected chi connectivity index (χ0v) is 16.7. The second-order valence-electron chi connectivity index (χ2n) is 6.27. The summed E-state index contributed by atoms with van der Waals surface area (Å²) in [6.45, 7) is 7.68. The highest BCUT2D eigenvalue weighted by Crippen LogP contribution is 2.21. The minimum absolute atomic E-state index is 0.122. The van der Waals surface area contributed by atoms with Gasteiger partial charge in [-0.15, -0.1) is 11.3 Å². The van der Waals surface area contributed by atoms with Gasteiger partial charge in [-0.25, -0.2) is 4.98 Å². The normalized spacial score (nSPS) is 11.6. The summed E-state index contributed by atoms with van der Waals surface area (Å²) in [6.07, 6.45) is 4.05. The van der Waals surface area contributed by atoms with Crippen molar-refractivity contribution in [2.75, 3.05) is 24.6 Å². The van der Waals surface area contributed by atoms with E-state index in [0.29, 0.717) is 11.9 Å². The van der Waals surface area contributed by atoms with Crippen LogP contribution in [0.15, 0.2) is 40.5 Å². The quantitative estimate of drug-likeness (QED) is 0.636. The van der Waals surface area contributed by atoms with E-state index in [1.165, 1.54) is 11.0 Å². The Morgan fingerprint density at radius 3 is 2.81 bits per heavy atom. The number of benzene rings is 1. The number of nitrogens with zero attached hydrogens (tertiary/aromatic N) is 4. The van der Waals surface area contributed by atoms with Gasteiger partial charge >= 0.3 is 0 Å². The highest BCUT2D eigenvalue weighted by molar-refractivity contribution is 7.18. The number of aliphatic hydroxyl groups excluding tert-OH is 1. The van der Waals surface area contributed by atoms with Crippen molar-refractivity contribution in [1.29, 1.82) is 0 Å². The molecule has 0 saturated heterocycles. The average molecular weight is 385 g/mol. The zero-order chi connectivity index (χ0) is 19.4. The molecule has 0 aliphatic heterocycles. The smallest absolute Gasteiger partial charge is 0.282 e. The van der Waals surface area contributed by atoms with E-state index in [1.54, 1.807) is 17.6 Å². The third kappa shape index (κ3) is 4.09. The van der Waals surface area contributed by atoms with Crippen molar-refractivity contribution in [1.82, 2.24) is 9.66 Å². The summed E-state index contributed by atoms with van der Waals surface area (Å²) in [4.78, 5) is 21.0. The number of aliphatic hydroxyl groups is 1. The Labute approximate surface area is 162 Å². The van der Waals surface area contributed by atoms with E-state index in [4.69, 9.17) is 0 Å². The van der Waals surface area contributed by atoms with Crippen LogP contribution < -0.4 is 10.5 Å². The minimum Gasteiger partial charge on any atom is -0.395 e. The SMILES string of the molecule is CCc1cc2c(=O)n(/N=C\c3ccc(N(CC)CCO)cc3C)cnc2s1. The third-order valence-corrected chi connectivity index (χ3v) is 5.71. The highest BCUT2D eigenvalue weighted by Gasteiger charge is 2.08. The number of hydrogen-bond acceptors (Lipinski definition) is 6. The van der Waals surface area contributed by atoms with Crippen molar-refractivity contribution in [2.45, 2.75) is 27.2 Å². The molecule has 6 nitrogen and oxygen atoms in total. The fourth-order valence-electron chi connectivity index (χ4n) is 2.94. The Kier molecular flexibility index (Phi) is 6.03. The highest BCUT2D eigenvalue weighted by atomic mass is 32.1. The fourth-order valence-corrected chi connectivity index (χ4v) is 3.86. The second-order valence-corrected chi connectivity index (χ2v) is 7.38. The molecular weight excluding hydrogens is 360 g/mol. The van der Waals surface area contributed by atoms with Crippen LogP contribution in [0.3, 0.4) is 0 Å². The first-order chi connectivity index (χ1) is 13.1. The number of aryl methyl sites for hydroxylation is 2. The van der Waals surface area contributed by atoms with Crippen LogP contribution in [-0.2, 0) is 6.42 Å². The van der Waals surface area contributed by atoms with Crippen molar-refractivity contribution < 1.29 is 5.11 Å². The molecule has 2 aromatic heterocycles. The number of hydrogen-bond donors (Lipinski definition) is 1. The van der Waals surface area contributed by atoms with Gasteiger partial charge in [0, 0.05) is 23.7 Å². The molecule has 0 fully saturated rings. The molecule has 142 valence electrons. The van der Waals surface area contributed by atoms with Crippen LogP contribution in [0.5, 0.6) is 0 Å². The Balaban J connectivity index is 1.88. The first-order valence-corrected chi connectivity index (χ1v) is 9.89. The molecular formula is C20H24N4O2S. The maximum Gasteiger partial charge on any atom is 0.282 e. The molecule has 7 heteroatoms. The lowest BCUT2D eigenvalue weighted by molar-refractivity contribution is 0.302. The lowest BCUT2D eigenvalue weighted by Crippen LogP contribution is -2.26. The van der Waals surface area contributed by atoms with E-state index in [9.17, 15) is 9.90 Å². The predicted octanol–water partition coefficient (Wildman–Crippen LogP) is 3.03. The molecule has 0 aliphatic carbocycles.